The monoisotopic (exact) mass is 458 g/mol. The highest BCUT2D eigenvalue weighted by atomic mass is 16.6. The molecule has 2 aliphatic rings. The molecule has 2 aliphatic carbocycles. The van der Waals surface area contributed by atoms with Crippen LogP contribution < -0.4 is 16.4 Å². The summed E-state index contributed by atoms with van der Waals surface area (Å²) in [6, 6.07) is 2.98. The van der Waals surface area contributed by atoms with E-state index in [1.54, 1.807) is 12.3 Å². The van der Waals surface area contributed by atoms with Crippen LogP contribution in [0.15, 0.2) is 18.3 Å². The molecule has 0 aliphatic heterocycles. The van der Waals surface area contributed by atoms with Crippen LogP contribution in [0.2, 0.25) is 0 Å². The summed E-state index contributed by atoms with van der Waals surface area (Å²) < 4.78 is 5.57. The van der Waals surface area contributed by atoms with Gasteiger partial charge < -0.3 is 21.1 Å². The lowest BCUT2D eigenvalue weighted by atomic mass is 9.66. The molecule has 0 unspecified atom stereocenters. The first kappa shape index (κ1) is 25.3. The molecule has 2 amide bonds. The van der Waals surface area contributed by atoms with E-state index in [9.17, 15) is 9.59 Å². The topological polar surface area (TPSA) is 106 Å². The Kier molecular flexibility index (Phi) is 8.98. The van der Waals surface area contributed by atoms with Crippen LogP contribution in [0.5, 0.6) is 0 Å². The summed E-state index contributed by atoms with van der Waals surface area (Å²) in [5, 5.41) is 6.06. The van der Waals surface area contributed by atoms with Gasteiger partial charge in [0.1, 0.15) is 17.5 Å². The number of hydrogen-bond acceptors (Lipinski definition) is 5. The van der Waals surface area contributed by atoms with E-state index >= 15 is 0 Å². The van der Waals surface area contributed by atoms with Crippen LogP contribution in [0.1, 0.15) is 90.5 Å². The summed E-state index contributed by atoms with van der Waals surface area (Å²) in [5.41, 5.74) is 5.94. The summed E-state index contributed by atoms with van der Waals surface area (Å²) in [6.45, 7) is 5.88. The van der Waals surface area contributed by atoms with Crippen LogP contribution in [0, 0.1) is 17.8 Å². The molecule has 1 aromatic rings. The fourth-order valence-corrected chi connectivity index (χ4v) is 5.58. The maximum Gasteiger partial charge on any atom is 0.408 e. The number of ether oxygens (including phenoxy) is 1. The first-order valence-corrected chi connectivity index (χ1v) is 12.7. The van der Waals surface area contributed by atoms with Gasteiger partial charge in [-0.1, -0.05) is 70.3 Å². The fraction of sp³-hybridized carbons (Fsp3) is 0.731. The Morgan fingerprint density at radius 2 is 1.61 bits per heavy atom. The number of nitrogens with one attached hydrogen (secondary N) is 2. The second kappa shape index (κ2) is 11.7. The Labute approximate surface area is 198 Å². The number of anilines is 1. The minimum absolute atomic E-state index is 0.127. The first-order chi connectivity index (χ1) is 15.7. The molecular formula is C26H42N4O3. The van der Waals surface area contributed by atoms with Gasteiger partial charge >= 0.3 is 6.09 Å². The number of nitrogens with zero attached hydrogens (tertiary/aromatic N) is 1. The molecular weight excluding hydrogens is 416 g/mol. The smallest absolute Gasteiger partial charge is 0.408 e. The number of carbonyl (C=O) groups is 2. The highest BCUT2D eigenvalue weighted by Crippen LogP contribution is 2.42. The molecule has 2 fully saturated rings. The molecule has 7 heteroatoms. The lowest BCUT2D eigenvalue weighted by molar-refractivity contribution is -0.126. The molecule has 0 radical (unpaired) electrons. The van der Waals surface area contributed by atoms with Gasteiger partial charge in [0.2, 0.25) is 5.91 Å². The van der Waals surface area contributed by atoms with Crippen LogP contribution in [-0.4, -0.2) is 28.6 Å². The van der Waals surface area contributed by atoms with Gasteiger partial charge in [0.25, 0.3) is 0 Å². The van der Waals surface area contributed by atoms with Crippen molar-refractivity contribution in [1.29, 1.82) is 0 Å². The lowest BCUT2D eigenvalue weighted by Crippen LogP contribution is -2.55. The average molecular weight is 459 g/mol. The van der Waals surface area contributed by atoms with E-state index < -0.39 is 17.7 Å². The molecule has 0 bridgehead atoms. The second-order valence-electron chi connectivity index (χ2n) is 10.8. The Balaban J connectivity index is 1.81. The molecule has 1 aromatic heterocycles. The van der Waals surface area contributed by atoms with Gasteiger partial charge in [0.05, 0.1) is 0 Å². The van der Waals surface area contributed by atoms with Gasteiger partial charge in [0.15, 0.2) is 0 Å². The zero-order valence-corrected chi connectivity index (χ0v) is 20.6. The summed E-state index contributed by atoms with van der Waals surface area (Å²) in [4.78, 5) is 30.5. The van der Waals surface area contributed by atoms with Crippen molar-refractivity contribution in [3.05, 3.63) is 23.9 Å². The molecule has 1 atom stereocenters. The SMILES string of the molecule is CC(C)(C)OC(=O)N[C@@H](C(=O)NCc1ccc(N)nc1)C(C1CCCCC1)C1CCCCC1. The van der Waals surface area contributed by atoms with E-state index in [-0.39, 0.29) is 11.8 Å². The van der Waals surface area contributed by atoms with E-state index in [0.717, 1.165) is 31.2 Å². The number of alkyl carbamates (subject to hydrolysis) is 1. The summed E-state index contributed by atoms with van der Waals surface area (Å²) in [7, 11) is 0. The second-order valence-corrected chi connectivity index (χ2v) is 10.8. The molecule has 2 saturated carbocycles. The molecule has 33 heavy (non-hydrogen) atoms. The van der Waals surface area contributed by atoms with Gasteiger partial charge in [-0.05, 0) is 50.2 Å². The van der Waals surface area contributed by atoms with E-state index in [4.69, 9.17) is 10.5 Å². The van der Waals surface area contributed by atoms with Gasteiger partial charge in [-0.2, -0.15) is 0 Å². The number of hydrogen-bond donors (Lipinski definition) is 3. The first-order valence-electron chi connectivity index (χ1n) is 12.7. The molecule has 3 rings (SSSR count). The van der Waals surface area contributed by atoms with Crippen molar-refractivity contribution in [3.8, 4) is 0 Å². The van der Waals surface area contributed by atoms with Gasteiger partial charge in [-0.25, -0.2) is 9.78 Å². The fourth-order valence-electron chi connectivity index (χ4n) is 5.58. The van der Waals surface area contributed by atoms with E-state index in [1.165, 1.54) is 38.5 Å². The van der Waals surface area contributed by atoms with Crippen molar-refractivity contribution in [1.82, 2.24) is 15.6 Å². The van der Waals surface area contributed by atoms with E-state index in [0.29, 0.717) is 24.2 Å². The number of nitrogen functional groups attached to an aromatic ring is 1. The van der Waals surface area contributed by atoms with Crippen LogP contribution in [0.3, 0.4) is 0 Å². The third kappa shape index (κ3) is 7.90. The zero-order valence-electron chi connectivity index (χ0n) is 20.6. The van der Waals surface area contributed by atoms with Crippen LogP contribution in [-0.2, 0) is 16.1 Å². The minimum Gasteiger partial charge on any atom is -0.444 e. The molecule has 4 N–H and O–H groups in total. The maximum atomic E-state index is 13.6. The summed E-state index contributed by atoms with van der Waals surface area (Å²) in [6.07, 6.45) is 13.0. The maximum absolute atomic E-state index is 13.6. The molecule has 7 nitrogen and oxygen atoms in total. The van der Waals surface area contributed by atoms with Crippen LogP contribution >= 0.6 is 0 Å². The number of nitrogens with two attached hydrogens (primary N) is 1. The number of aromatic nitrogens is 1. The Bertz CT molecular complexity index is 745. The van der Waals surface area contributed by atoms with Gasteiger partial charge in [0, 0.05) is 12.7 Å². The number of rotatable bonds is 7. The standard InChI is InChI=1S/C26H42N4O3/c1-26(2,3)33-25(32)30-23(24(31)29-17-18-14-15-21(27)28-16-18)22(19-10-6-4-7-11-19)20-12-8-5-9-13-20/h14-16,19-20,22-23H,4-13,17H2,1-3H3,(H2,27,28)(H,29,31)(H,30,32)/t23-/m1/s1. The van der Waals surface area contributed by atoms with Crippen molar-refractivity contribution >= 4 is 17.8 Å². The third-order valence-electron chi connectivity index (χ3n) is 7.04. The predicted molar refractivity (Wildman–Crippen MR) is 130 cm³/mol. The third-order valence-corrected chi connectivity index (χ3v) is 7.04. The summed E-state index contributed by atoms with van der Waals surface area (Å²) >= 11 is 0. The van der Waals surface area contributed by atoms with Crippen molar-refractivity contribution < 1.29 is 14.3 Å². The van der Waals surface area contributed by atoms with Gasteiger partial charge in [-0.3, -0.25) is 4.79 Å². The zero-order chi connectivity index (χ0) is 23.8. The Morgan fingerprint density at radius 1 is 1.03 bits per heavy atom. The van der Waals surface area contributed by atoms with Gasteiger partial charge in [-0.15, -0.1) is 0 Å². The summed E-state index contributed by atoms with van der Waals surface area (Å²) in [5.74, 6) is 1.34. The predicted octanol–water partition coefficient (Wildman–Crippen LogP) is 4.95. The normalized spacial score (nSPS) is 19.2. The molecule has 0 spiro atoms. The number of amides is 2. The Hall–Kier alpha value is -2.31. The highest BCUT2D eigenvalue weighted by molar-refractivity contribution is 5.86. The van der Waals surface area contributed by atoms with E-state index in [2.05, 4.69) is 15.6 Å². The van der Waals surface area contributed by atoms with Crippen molar-refractivity contribution in [2.75, 3.05) is 5.73 Å². The molecule has 0 aromatic carbocycles. The largest absolute Gasteiger partial charge is 0.444 e. The van der Waals surface area contributed by atoms with Crippen molar-refractivity contribution in [3.63, 3.8) is 0 Å². The molecule has 0 saturated heterocycles. The van der Waals surface area contributed by atoms with Crippen LogP contribution in [0.4, 0.5) is 10.6 Å². The van der Waals surface area contributed by atoms with Crippen LogP contribution in [0.25, 0.3) is 0 Å². The quantitative estimate of drug-likeness (QED) is 0.536. The molecule has 1 heterocycles. The lowest BCUT2D eigenvalue weighted by Gasteiger charge is -2.42. The Morgan fingerprint density at radius 3 is 2.09 bits per heavy atom. The van der Waals surface area contributed by atoms with Crippen molar-refractivity contribution in [2.24, 2.45) is 17.8 Å². The number of pyridine rings is 1. The van der Waals surface area contributed by atoms with E-state index in [1.807, 2.05) is 26.8 Å². The molecule has 184 valence electrons. The average Bonchev–Trinajstić information content (AvgIpc) is 2.78. The highest BCUT2D eigenvalue weighted by Gasteiger charge is 2.41. The van der Waals surface area contributed by atoms with Crippen molar-refractivity contribution in [2.45, 2.75) is 103 Å². The number of carbonyl (C=O) groups excluding carboxylic acids is 2. The minimum atomic E-state index is -0.619.